The Morgan fingerprint density at radius 1 is 1.29 bits per heavy atom. The van der Waals surface area contributed by atoms with Crippen molar-refractivity contribution in [3.63, 3.8) is 0 Å². The van der Waals surface area contributed by atoms with E-state index in [1.807, 2.05) is 13.0 Å². The lowest BCUT2D eigenvalue weighted by Gasteiger charge is -2.44. The summed E-state index contributed by atoms with van der Waals surface area (Å²) in [6.45, 7) is 3.85. The normalized spacial score (nSPS) is 21.6. The van der Waals surface area contributed by atoms with Gasteiger partial charge in [0.25, 0.3) is 5.91 Å². The zero-order chi connectivity index (χ0) is 22.2. The summed E-state index contributed by atoms with van der Waals surface area (Å²) in [4.78, 5) is 44.8. The second kappa shape index (κ2) is 8.20. The second-order valence-corrected chi connectivity index (χ2v) is 8.55. The van der Waals surface area contributed by atoms with Crippen LogP contribution in [-0.2, 0) is 22.6 Å². The summed E-state index contributed by atoms with van der Waals surface area (Å²) < 4.78 is 12.0. The smallest absolute Gasteiger partial charge is 0.359 e. The number of esters is 1. The Morgan fingerprint density at radius 3 is 2.68 bits per heavy atom. The zero-order valence-electron chi connectivity index (χ0n) is 18.1. The monoisotopic (exact) mass is 428 g/mol. The Morgan fingerprint density at radius 2 is 2.03 bits per heavy atom. The van der Waals surface area contributed by atoms with E-state index < -0.39 is 17.4 Å². The summed E-state index contributed by atoms with van der Waals surface area (Å²) in [5, 5.41) is 3.15. The molecule has 3 heterocycles. The molecule has 1 saturated carbocycles. The summed E-state index contributed by atoms with van der Waals surface area (Å²) in [5.74, 6) is -0.0797. The van der Waals surface area contributed by atoms with E-state index in [1.165, 1.54) is 24.8 Å². The van der Waals surface area contributed by atoms with Crippen LogP contribution in [0, 0.1) is 6.92 Å². The minimum atomic E-state index is -1.17. The van der Waals surface area contributed by atoms with Crippen LogP contribution >= 0.6 is 0 Å². The minimum absolute atomic E-state index is 0.0529. The Labute approximate surface area is 180 Å². The molecule has 0 unspecified atom stereocenters. The standard InChI is InChI=1S/C22H28N4O5/c1-14-9-10-16(31-14)11-26-19(27)18-17(20(28)30-3)23-13-25(18)12-22(26,2)21(29)24-15-7-5-4-6-8-15/h9-10,13,15H,4-8,11-12H2,1-3H3,(H,24,29)/t22-/m1/s1. The van der Waals surface area contributed by atoms with Gasteiger partial charge in [0, 0.05) is 6.04 Å². The van der Waals surface area contributed by atoms with Gasteiger partial charge in [-0.1, -0.05) is 19.3 Å². The van der Waals surface area contributed by atoms with Gasteiger partial charge < -0.3 is 23.9 Å². The number of carbonyl (C=O) groups excluding carboxylic acids is 3. The van der Waals surface area contributed by atoms with Crippen LogP contribution in [0.1, 0.15) is 71.5 Å². The molecule has 166 valence electrons. The third-order valence-corrected chi connectivity index (χ3v) is 6.28. The summed E-state index contributed by atoms with van der Waals surface area (Å²) >= 11 is 0. The molecule has 0 spiro atoms. The van der Waals surface area contributed by atoms with Crippen molar-refractivity contribution >= 4 is 17.8 Å². The Balaban J connectivity index is 1.70. The molecule has 2 amide bonds. The number of aromatic nitrogens is 2. The number of aryl methyl sites for hydroxylation is 1. The maximum absolute atomic E-state index is 13.6. The third-order valence-electron chi connectivity index (χ3n) is 6.28. The highest BCUT2D eigenvalue weighted by Crippen LogP contribution is 2.31. The SMILES string of the molecule is COC(=O)c1ncn2c1C(=O)N(Cc1ccc(C)o1)[C@@](C)(C(=O)NC1CCCCC1)C2. The summed E-state index contributed by atoms with van der Waals surface area (Å²) in [6.07, 6.45) is 6.65. The molecule has 31 heavy (non-hydrogen) atoms. The maximum Gasteiger partial charge on any atom is 0.359 e. The first-order valence-electron chi connectivity index (χ1n) is 10.6. The van der Waals surface area contributed by atoms with Crippen LogP contribution < -0.4 is 5.32 Å². The van der Waals surface area contributed by atoms with Crippen LogP contribution in [0.4, 0.5) is 0 Å². The largest absolute Gasteiger partial charge is 0.464 e. The van der Waals surface area contributed by atoms with Crippen molar-refractivity contribution in [1.82, 2.24) is 19.8 Å². The van der Waals surface area contributed by atoms with E-state index in [-0.39, 0.29) is 36.4 Å². The lowest BCUT2D eigenvalue weighted by molar-refractivity contribution is -0.134. The van der Waals surface area contributed by atoms with Crippen molar-refractivity contribution in [2.24, 2.45) is 0 Å². The van der Waals surface area contributed by atoms with Gasteiger partial charge in [0.2, 0.25) is 5.91 Å². The molecule has 1 aliphatic heterocycles. The van der Waals surface area contributed by atoms with Gasteiger partial charge in [-0.05, 0) is 38.8 Å². The number of nitrogens with zero attached hydrogens (tertiary/aromatic N) is 3. The summed E-state index contributed by atoms with van der Waals surface area (Å²) in [6, 6.07) is 3.71. The fourth-order valence-electron chi connectivity index (χ4n) is 4.50. The van der Waals surface area contributed by atoms with E-state index in [0.29, 0.717) is 11.5 Å². The molecule has 1 atom stereocenters. The van der Waals surface area contributed by atoms with Crippen LogP contribution in [0.2, 0.25) is 0 Å². The van der Waals surface area contributed by atoms with Gasteiger partial charge in [-0.2, -0.15) is 0 Å². The second-order valence-electron chi connectivity index (χ2n) is 8.55. The summed E-state index contributed by atoms with van der Waals surface area (Å²) in [7, 11) is 1.24. The van der Waals surface area contributed by atoms with Crippen molar-refractivity contribution in [3.8, 4) is 0 Å². The fraction of sp³-hybridized carbons (Fsp3) is 0.545. The fourth-order valence-corrected chi connectivity index (χ4v) is 4.50. The molecule has 9 nitrogen and oxygen atoms in total. The van der Waals surface area contributed by atoms with E-state index in [2.05, 4.69) is 10.3 Å². The molecular formula is C22H28N4O5. The number of rotatable bonds is 5. The average Bonchev–Trinajstić information content (AvgIpc) is 3.37. The minimum Gasteiger partial charge on any atom is -0.464 e. The first-order valence-corrected chi connectivity index (χ1v) is 10.6. The molecule has 4 rings (SSSR count). The molecule has 2 aliphatic rings. The highest BCUT2D eigenvalue weighted by atomic mass is 16.5. The van der Waals surface area contributed by atoms with E-state index in [9.17, 15) is 14.4 Å². The Hall–Kier alpha value is -3.10. The predicted octanol–water partition coefficient (Wildman–Crippen LogP) is 2.43. The molecule has 9 heteroatoms. The van der Waals surface area contributed by atoms with Gasteiger partial charge in [0.05, 0.1) is 26.5 Å². The topological polar surface area (TPSA) is 107 Å². The van der Waals surface area contributed by atoms with E-state index in [1.54, 1.807) is 17.6 Å². The number of methoxy groups -OCH3 is 1. The van der Waals surface area contributed by atoms with Crippen molar-refractivity contribution in [2.75, 3.05) is 7.11 Å². The quantitative estimate of drug-likeness (QED) is 0.733. The highest BCUT2D eigenvalue weighted by Gasteiger charge is 2.49. The summed E-state index contributed by atoms with van der Waals surface area (Å²) in [5.41, 5.74) is -1.10. The lowest BCUT2D eigenvalue weighted by atomic mass is 9.91. The molecule has 0 saturated heterocycles. The Kier molecular flexibility index (Phi) is 5.60. The molecule has 0 bridgehead atoms. The molecule has 0 aromatic carbocycles. The van der Waals surface area contributed by atoms with Gasteiger partial charge in [-0.25, -0.2) is 9.78 Å². The van der Waals surface area contributed by atoms with Crippen molar-refractivity contribution in [3.05, 3.63) is 41.4 Å². The first kappa shape index (κ1) is 21.1. The molecular weight excluding hydrogens is 400 g/mol. The van der Waals surface area contributed by atoms with Gasteiger partial charge in [0.15, 0.2) is 5.69 Å². The van der Waals surface area contributed by atoms with Crippen molar-refractivity contribution in [2.45, 2.75) is 70.6 Å². The number of amides is 2. The van der Waals surface area contributed by atoms with Gasteiger partial charge >= 0.3 is 5.97 Å². The molecule has 0 radical (unpaired) electrons. The number of hydrogen-bond donors (Lipinski definition) is 1. The molecule has 2 aromatic heterocycles. The van der Waals surface area contributed by atoms with Crippen LogP contribution in [0.5, 0.6) is 0 Å². The van der Waals surface area contributed by atoms with Crippen LogP contribution in [-0.4, -0.2) is 50.9 Å². The number of hydrogen-bond acceptors (Lipinski definition) is 6. The molecule has 1 aliphatic carbocycles. The van der Waals surface area contributed by atoms with Crippen molar-refractivity contribution < 1.29 is 23.5 Å². The van der Waals surface area contributed by atoms with Crippen LogP contribution in [0.3, 0.4) is 0 Å². The predicted molar refractivity (Wildman–Crippen MR) is 110 cm³/mol. The van der Waals surface area contributed by atoms with E-state index >= 15 is 0 Å². The average molecular weight is 428 g/mol. The highest BCUT2D eigenvalue weighted by molar-refractivity contribution is 6.06. The molecule has 2 aromatic rings. The number of carbonyl (C=O) groups is 3. The number of furan rings is 1. The van der Waals surface area contributed by atoms with Crippen LogP contribution in [0.15, 0.2) is 22.9 Å². The van der Waals surface area contributed by atoms with E-state index in [4.69, 9.17) is 9.15 Å². The number of imidazole rings is 1. The number of nitrogens with one attached hydrogen (secondary N) is 1. The molecule has 1 N–H and O–H groups in total. The van der Waals surface area contributed by atoms with Gasteiger partial charge in [-0.15, -0.1) is 0 Å². The lowest BCUT2D eigenvalue weighted by Crippen LogP contribution is -2.64. The number of fused-ring (bicyclic) bond motifs is 1. The number of ether oxygens (including phenoxy) is 1. The van der Waals surface area contributed by atoms with Gasteiger partial charge in [-0.3, -0.25) is 9.59 Å². The van der Waals surface area contributed by atoms with Gasteiger partial charge in [0.1, 0.15) is 22.8 Å². The maximum atomic E-state index is 13.6. The molecule has 1 fully saturated rings. The first-order chi connectivity index (χ1) is 14.8. The Bertz CT molecular complexity index is 1000. The zero-order valence-corrected chi connectivity index (χ0v) is 18.1. The third kappa shape index (κ3) is 3.84. The van der Waals surface area contributed by atoms with Crippen molar-refractivity contribution in [1.29, 1.82) is 0 Å². The van der Waals surface area contributed by atoms with E-state index in [0.717, 1.165) is 25.7 Å². The van der Waals surface area contributed by atoms with Crippen LogP contribution in [0.25, 0.3) is 0 Å².